The Hall–Kier alpha value is -0.530. The van der Waals surface area contributed by atoms with Crippen LogP contribution in [-0.2, 0) is 4.79 Å². The van der Waals surface area contributed by atoms with Gasteiger partial charge in [0.1, 0.15) is 0 Å². The Labute approximate surface area is 73.0 Å². The first kappa shape index (κ1) is 8.09. The second-order valence-electron chi connectivity index (χ2n) is 4.65. The Morgan fingerprint density at radius 2 is 2.17 bits per heavy atom. The molecule has 2 aliphatic rings. The van der Waals surface area contributed by atoms with E-state index in [4.69, 9.17) is 5.11 Å². The second kappa shape index (κ2) is 2.24. The molecule has 0 heterocycles. The van der Waals surface area contributed by atoms with E-state index in [1.165, 1.54) is 6.42 Å². The monoisotopic (exact) mass is 168 g/mol. The molecule has 2 nitrogen and oxygen atoms in total. The topological polar surface area (TPSA) is 37.3 Å². The molecule has 2 fully saturated rings. The van der Waals surface area contributed by atoms with Gasteiger partial charge in [-0.1, -0.05) is 6.92 Å². The highest BCUT2D eigenvalue weighted by Gasteiger charge is 2.57. The number of carbonyl (C=O) groups is 1. The molecule has 4 atom stereocenters. The quantitative estimate of drug-likeness (QED) is 0.651. The number of carboxylic acids is 1. The number of aliphatic carboxylic acids is 1. The molecule has 2 heteroatoms. The smallest absolute Gasteiger partial charge is 0.309 e. The highest BCUT2D eigenvalue weighted by Crippen LogP contribution is 2.59. The van der Waals surface area contributed by atoms with Gasteiger partial charge in [0.05, 0.1) is 5.41 Å². The van der Waals surface area contributed by atoms with E-state index in [-0.39, 0.29) is 0 Å². The Kier molecular flexibility index (Phi) is 1.51. The van der Waals surface area contributed by atoms with Gasteiger partial charge in [0.2, 0.25) is 0 Å². The summed E-state index contributed by atoms with van der Waals surface area (Å²) in [4.78, 5) is 11.1. The van der Waals surface area contributed by atoms with E-state index in [0.29, 0.717) is 17.8 Å². The molecular weight excluding hydrogens is 152 g/mol. The van der Waals surface area contributed by atoms with Gasteiger partial charge in [-0.05, 0) is 43.9 Å². The fourth-order valence-electron chi connectivity index (χ4n) is 3.25. The van der Waals surface area contributed by atoms with Crippen molar-refractivity contribution in [3.05, 3.63) is 0 Å². The van der Waals surface area contributed by atoms with Crippen molar-refractivity contribution >= 4 is 5.97 Å². The van der Waals surface area contributed by atoms with Gasteiger partial charge in [0.15, 0.2) is 0 Å². The van der Waals surface area contributed by atoms with Crippen LogP contribution in [0, 0.1) is 23.2 Å². The van der Waals surface area contributed by atoms with Crippen molar-refractivity contribution in [1.82, 2.24) is 0 Å². The highest BCUT2D eigenvalue weighted by molar-refractivity contribution is 5.75. The van der Waals surface area contributed by atoms with Gasteiger partial charge in [0, 0.05) is 0 Å². The molecule has 0 unspecified atom stereocenters. The van der Waals surface area contributed by atoms with Crippen LogP contribution in [-0.4, -0.2) is 11.1 Å². The van der Waals surface area contributed by atoms with Crippen LogP contribution in [0.25, 0.3) is 0 Å². The molecule has 2 saturated carbocycles. The summed E-state index contributed by atoms with van der Waals surface area (Å²) < 4.78 is 0. The summed E-state index contributed by atoms with van der Waals surface area (Å²) >= 11 is 0. The van der Waals surface area contributed by atoms with Crippen LogP contribution >= 0.6 is 0 Å². The van der Waals surface area contributed by atoms with E-state index in [1.54, 1.807) is 0 Å². The predicted octanol–water partition coefficient (Wildman–Crippen LogP) is 2.14. The molecule has 0 amide bonds. The lowest BCUT2D eigenvalue weighted by Gasteiger charge is -2.35. The Morgan fingerprint density at radius 3 is 2.50 bits per heavy atom. The van der Waals surface area contributed by atoms with E-state index >= 15 is 0 Å². The lowest BCUT2D eigenvalue weighted by atomic mass is 9.68. The van der Waals surface area contributed by atoms with Crippen molar-refractivity contribution in [1.29, 1.82) is 0 Å². The third kappa shape index (κ3) is 0.732. The van der Waals surface area contributed by atoms with Crippen molar-refractivity contribution < 1.29 is 9.90 Å². The summed E-state index contributed by atoms with van der Waals surface area (Å²) in [5, 5.41) is 9.16. The van der Waals surface area contributed by atoms with Crippen molar-refractivity contribution in [2.75, 3.05) is 0 Å². The highest BCUT2D eigenvalue weighted by atomic mass is 16.4. The number of hydrogen-bond donors (Lipinski definition) is 1. The molecule has 2 rings (SSSR count). The van der Waals surface area contributed by atoms with Crippen molar-refractivity contribution in [3.8, 4) is 0 Å². The summed E-state index contributed by atoms with van der Waals surface area (Å²) in [5.74, 6) is 0.946. The molecule has 0 aromatic carbocycles. The van der Waals surface area contributed by atoms with E-state index in [2.05, 4.69) is 6.92 Å². The Morgan fingerprint density at radius 1 is 1.50 bits per heavy atom. The van der Waals surface area contributed by atoms with Crippen LogP contribution in [0.15, 0.2) is 0 Å². The fraction of sp³-hybridized carbons (Fsp3) is 0.900. The zero-order valence-electron chi connectivity index (χ0n) is 7.71. The fourth-order valence-corrected chi connectivity index (χ4v) is 3.25. The van der Waals surface area contributed by atoms with E-state index in [9.17, 15) is 4.79 Å². The van der Waals surface area contributed by atoms with Gasteiger partial charge >= 0.3 is 5.97 Å². The Balaban J connectivity index is 2.32. The van der Waals surface area contributed by atoms with Crippen molar-refractivity contribution in [3.63, 3.8) is 0 Å². The number of carboxylic acid groups (broad SMARTS) is 1. The Bertz CT molecular complexity index is 220. The molecule has 2 aliphatic carbocycles. The summed E-state index contributed by atoms with van der Waals surface area (Å²) in [5.41, 5.74) is -0.414. The molecule has 68 valence electrons. The van der Waals surface area contributed by atoms with Gasteiger partial charge in [-0.3, -0.25) is 4.79 Å². The molecule has 12 heavy (non-hydrogen) atoms. The first-order chi connectivity index (χ1) is 5.56. The van der Waals surface area contributed by atoms with Gasteiger partial charge in [-0.25, -0.2) is 0 Å². The molecule has 0 radical (unpaired) electrons. The van der Waals surface area contributed by atoms with Crippen LogP contribution < -0.4 is 0 Å². The average Bonchev–Trinajstić information content (AvgIpc) is 2.55. The minimum Gasteiger partial charge on any atom is -0.481 e. The zero-order valence-corrected chi connectivity index (χ0v) is 7.71. The molecule has 0 aliphatic heterocycles. The van der Waals surface area contributed by atoms with Crippen LogP contribution in [0.5, 0.6) is 0 Å². The number of hydrogen-bond acceptors (Lipinski definition) is 1. The second-order valence-corrected chi connectivity index (χ2v) is 4.65. The van der Waals surface area contributed by atoms with Gasteiger partial charge < -0.3 is 5.11 Å². The maximum absolute atomic E-state index is 11.1. The van der Waals surface area contributed by atoms with E-state index in [0.717, 1.165) is 12.8 Å². The maximum Gasteiger partial charge on any atom is 0.309 e. The van der Waals surface area contributed by atoms with Crippen molar-refractivity contribution in [2.24, 2.45) is 23.2 Å². The summed E-state index contributed by atoms with van der Waals surface area (Å²) in [6, 6.07) is 0. The van der Waals surface area contributed by atoms with E-state index in [1.807, 2.05) is 6.92 Å². The third-order valence-electron chi connectivity index (χ3n) is 4.44. The molecular formula is C10H16O2. The lowest BCUT2D eigenvalue weighted by molar-refractivity contribution is -0.154. The minimum atomic E-state index is -0.581. The zero-order chi connectivity index (χ0) is 8.93. The first-order valence-corrected chi connectivity index (χ1v) is 4.80. The summed E-state index contributed by atoms with van der Waals surface area (Å²) in [7, 11) is 0. The molecule has 0 saturated heterocycles. The molecule has 0 spiro atoms. The maximum atomic E-state index is 11.1. The molecule has 0 aromatic heterocycles. The van der Waals surface area contributed by atoms with Crippen LogP contribution in [0.3, 0.4) is 0 Å². The van der Waals surface area contributed by atoms with Crippen molar-refractivity contribution in [2.45, 2.75) is 33.1 Å². The van der Waals surface area contributed by atoms with E-state index < -0.39 is 11.4 Å². The first-order valence-electron chi connectivity index (χ1n) is 4.80. The lowest BCUT2D eigenvalue weighted by Crippen LogP contribution is -2.39. The SMILES string of the molecule is C[C@H]1[C@@H]2CC[C@@H](C2)[C@]1(C)C(=O)O. The normalized spacial score (nSPS) is 51.3. The number of rotatable bonds is 1. The molecule has 1 N–H and O–H groups in total. The summed E-state index contributed by atoms with van der Waals surface area (Å²) in [6.45, 7) is 4.04. The summed E-state index contributed by atoms with van der Waals surface area (Å²) in [6.07, 6.45) is 3.55. The number of fused-ring (bicyclic) bond motifs is 2. The standard InChI is InChI=1S/C10H16O2/c1-6-7-3-4-8(5-7)10(6,2)9(11)12/h6-8H,3-5H2,1-2H3,(H,11,12)/t6-,7+,8-,10+/m0/s1. The largest absolute Gasteiger partial charge is 0.481 e. The predicted molar refractivity (Wildman–Crippen MR) is 45.7 cm³/mol. The van der Waals surface area contributed by atoms with Gasteiger partial charge in [-0.2, -0.15) is 0 Å². The van der Waals surface area contributed by atoms with Crippen LogP contribution in [0.2, 0.25) is 0 Å². The average molecular weight is 168 g/mol. The third-order valence-corrected chi connectivity index (χ3v) is 4.44. The van der Waals surface area contributed by atoms with Gasteiger partial charge in [-0.15, -0.1) is 0 Å². The van der Waals surface area contributed by atoms with Crippen LogP contribution in [0.1, 0.15) is 33.1 Å². The molecule has 2 bridgehead atoms. The minimum absolute atomic E-state index is 0.383. The van der Waals surface area contributed by atoms with Crippen LogP contribution in [0.4, 0.5) is 0 Å². The van der Waals surface area contributed by atoms with Gasteiger partial charge in [0.25, 0.3) is 0 Å². The molecule has 0 aromatic rings.